The number of amides is 1. The minimum atomic E-state index is -0.515. The monoisotopic (exact) mass is 333 g/mol. The van der Waals surface area contributed by atoms with Gasteiger partial charge < -0.3 is 15.4 Å². The van der Waals surface area contributed by atoms with E-state index in [-0.39, 0.29) is 24.2 Å². The number of aromatic nitrogens is 2. The summed E-state index contributed by atoms with van der Waals surface area (Å²) in [5.41, 5.74) is 6.65. The molecule has 1 amide bonds. The number of hydrogen-bond acceptors (Lipinski definition) is 5. The summed E-state index contributed by atoms with van der Waals surface area (Å²) in [4.78, 5) is 14.3. The summed E-state index contributed by atoms with van der Waals surface area (Å²) in [6.07, 6.45) is 1.16. The molecule has 1 aliphatic heterocycles. The van der Waals surface area contributed by atoms with Crippen LogP contribution in [0, 0.1) is 18.3 Å². The smallest absolute Gasteiger partial charge is 0.410 e. The lowest BCUT2D eigenvalue weighted by Crippen LogP contribution is -2.51. The second-order valence-corrected chi connectivity index (χ2v) is 7.61. The highest BCUT2D eigenvalue weighted by atomic mass is 16.6. The third-order valence-electron chi connectivity index (χ3n) is 4.36. The molecule has 0 radical (unpaired) electrons. The van der Waals surface area contributed by atoms with Crippen LogP contribution in [0.1, 0.15) is 64.8 Å². The zero-order valence-electron chi connectivity index (χ0n) is 15.3. The Bertz CT molecular complexity index is 656. The SMILES string of the molecule is Cc1nn(C2CC(C)N(C(=O)OC(C)(C)C)C(C)C2)c(N)c1C#N. The van der Waals surface area contributed by atoms with Gasteiger partial charge in [-0.15, -0.1) is 0 Å². The first-order valence-corrected chi connectivity index (χ1v) is 8.31. The van der Waals surface area contributed by atoms with Crippen LogP contribution in [0.2, 0.25) is 0 Å². The molecule has 7 heteroatoms. The predicted octanol–water partition coefficient (Wildman–Crippen LogP) is 2.99. The number of aryl methyl sites for hydroxylation is 1. The number of nitrogens with two attached hydrogens (primary N) is 1. The molecule has 0 bridgehead atoms. The average Bonchev–Trinajstić information content (AvgIpc) is 2.70. The van der Waals surface area contributed by atoms with Crippen LogP contribution >= 0.6 is 0 Å². The van der Waals surface area contributed by atoms with Crippen LogP contribution in [-0.4, -0.2) is 38.5 Å². The van der Waals surface area contributed by atoms with Crippen molar-refractivity contribution < 1.29 is 9.53 Å². The van der Waals surface area contributed by atoms with Gasteiger partial charge in [0.15, 0.2) is 0 Å². The molecule has 0 spiro atoms. The molecule has 24 heavy (non-hydrogen) atoms. The van der Waals surface area contributed by atoms with E-state index in [9.17, 15) is 10.1 Å². The van der Waals surface area contributed by atoms with E-state index in [0.717, 1.165) is 12.8 Å². The molecule has 7 nitrogen and oxygen atoms in total. The van der Waals surface area contributed by atoms with Gasteiger partial charge in [-0.2, -0.15) is 10.4 Å². The van der Waals surface area contributed by atoms with Crippen LogP contribution in [0.5, 0.6) is 0 Å². The van der Waals surface area contributed by atoms with Gasteiger partial charge >= 0.3 is 6.09 Å². The van der Waals surface area contributed by atoms with Crippen LogP contribution in [0.25, 0.3) is 0 Å². The van der Waals surface area contributed by atoms with E-state index in [2.05, 4.69) is 11.2 Å². The molecule has 132 valence electrons. The molecule has 2 rings (SSSR count). The quantitative estimate of drug-likeness (QED) is 0.852. The lowest BCUT2D eigenvalue weighted by Gasteiger charge is -2.42. The first-order valence-electron chi connectivity index (χ1n) is 8.31. The molecule has 1 aromatic heterocycles. The fraction of sp³-hybridized carbons (Fsp3) is 0.706. The molecule has 1 saturated heterocycles. The van der Waals surface area contributed by atoms with Gasteiger partial charge in [0, 0.05) is 12.1 Å². The number of rotatable bonds is 1. The molecule has 2 unspecified atom stereocenters. The standard InChI is InChI=1S/C17H27N5O2/c1-10-7-13(22-15(19)14(9-18)12(3)20-22)8-11(2)21(10)16(23)24-17(4,5)6/h10-11,13H,7-8,19H2,1-6H3. The number of nitrogen functional groups attached to an aromatic ring is 1. The molecule has 0 saturated carbocycles. The summed E-state index contributed by atoms with van der Waals surface area (Å²) in [6, 6.07) is 2.18. The largest absolute Gasteiger partial charge is 0.444 e. The number of nitriles is 1. The zero-order valence-corrected chi connectivity index (χ0v) is 15.3. The van der Waals surface area contributed by atoms with Crippen LogP contribution in [0.3, 0.4) is 0 Å². The van der Waals surface area contributed by atoms with E-state index in [4.69, 9.17) is 10.5 Å². The van der Waals surface area contributed by atoms with E-state index in [0.29, 0.717) is 17.1 Å². The fourth-order valence-electron chi connectivity index (χ4n) is 3.40. The Morgan fingerprint density at radius 2 is 1.88 bits per heavy atom. The second-order valence-electron chi connectivity index (χ2n) is 7.61. The average molecular weight is 333 g/mol. The lowest BCUT2D eigenvalue weighted by molar-refractivity contribution is -0.00677. The Balaban J connectivity index is 2.19. The van der Waals surface area contributed by atoms with Gasteiger partial charge in [-0.25, -0.2) is 9.48 Å². The summed E-state index contributed by atoms with van der Waals surface area (Å²) in [5, 5.41) is 13.6. The number of hydrogen-bond donors (Lipinski definition) is 1. The zero-order chi connectivity index (χ0) is 18.2. The minimum Gasteiger partial charge on any atom is -0.444 e. The Morgan fingerprint density at radius 1 is 1.33 bits per heavy atom. The van der Waals surface area contributed by atoms with E-state index >= 15 is 0 Å². The molecule has 2 heterocycles. The van der Waals surface area contributed by atoms with Crippen molar-refractivity contribution in [3.8, 4) is 6.07 Å². The summed E-state index contributed by atoms with van der Waals surface area (Å²) < 4.78 is 7.26. The first kappa shape index (κ1) is 18.1. The van der Waals surface area contributed by atoms with E-state index in [1.165, 1.54) is 0 Å². The first-order chi connectivity index (χ1) is 11.0. The summed E-state index contributed by atoms with van der Waals surface area (Å²) in [7, 11) is 0. The maximum Gasteiger partial charge on any atom is 0.410 e. The number of carbonyl (C=O) groups excluding carboxylic acids is 1. The van der Waals surface area contributed by atoms with Gasteiger partial charge in [-0.1, -0.05) is 0 Å². The summed E-state index contributed by atoms with van der Waals surface area (Å²) >= 11 is 0. The number of ether oxygens (including phenoxy) is 1. The molecule has 2 N–H and O–H groups in total. The Labute approximate surface area is 143 Å². The van der Waals surface area contributed by atoms with E-state index in [1.54, 1.807) is 16.5 Å². The van der Waals surface area contributed by atoms with Gasteiger partial charge in [0.2, 0.25) is 0 Å². The van der Waals surface area contributed by atoms with Crippen LogP contribution in [0.15, 0.2) is 0 Å². The number of anilines is 1. The van der Waals surface area contributed by atoms with Gasteiger partial charge in [-0.3, -0.25) is 0 Å². The number of piperidine rings is 1. The third kappa shape index (κ3) is 3.48. The van der Waals surface area contributed by atoms with Crippen molar-refractivity contribution in [3.05, 3.63) is 11.3 Å². The van der Waals surface area contributed by atoms with Gasteiger partial charge in [0.1, 0.15) is 23.1 Å². The highest BCUT2D eigenvalue weighted by molar-refractivity contribution is 5.69. The van der Waals surface area contributed by atoms with Crippen molar-refractivity contribution in [1.29, 1.82) is 5.26 Å². The Kier molecular flexibility index (Phi) is 4.79. The normalized spacial score (nSPS) is 24.5. The molecule has 1 fully saturated rings. The van der Waals surface area contributed by atoms with Crippen LogP contribution < -0.4 is 5.73 Å². The molecule has 0 aromatic carbocycles. The topological polar surface area (TPSA) is 97.2 Å². The van der Waals surface area contributed by atoms with Crippen molar-refractivity contribution >= 4 is 11.9 Å². The van der Waals surface area contributed by atoms with Gasteiger partial charge in [0.25, 0.3) is 0 Å². The van der Waals surface area contributed by atoms with Crippen molar-refractivity contribution in [2.75, 3.05) is 5.73 Å². The van der Waals surface area contributed by atoms with Crippen LogP contribution in [0.4, 0.5) is 10.6 Å². The van der Waals surface area contributed by atoms with Crippen molar-refractivity contribution in [3.63, 3.8) is 0 Å². The summed E-state index contributed by atoms with van der Waals surface area (Å²) in [5.74, 6) is 0.408. The Morgan fingerprint density at radius 3 is 2.29 bits per heavy atom. The fourth-order valence-corrected chi connectivity index (χ4v) is 3.40. The number of carbonyl (C=O) groups is 1. The lowest BCUT2D eigenvalue weighted by atomic mass is 9.93. The van der Waals surface area contributed by atoms with Gasteiger partial charge in [-0.05, 0) is 54.4 Å². The molecular weight excluding hydrogens is 306 g/mol. The second kappa shape index (κ2) is 6.34. The van der Waals surface area contributed by atoms with Crippen molar-refractivity contribution in [1.82, 2.24) is 14.7 Å². The van der Waals surface area contributed by atoms with Crippen molar-refractivity contribution in [2.45, 2.75) is 78.1 Å². The van der Waals surface area contributed by atoms with Crippen LogP contribution in [-0.2, 0) is 4.74 Å². The highest BCUT2D eigenvalue weighted by Crippen LogP contribution is 2.34. The highest BCUT2D eigenvalue weighted by Gasteiger charge is 2.38. The minimum absolute atomic E-state index is 0.00282. The van der Waals surface area contributed by atoms with E-state index < -0.39 is 5.60 Å². The molecule has 1 aromatic rings. The molecular formula is C17H27N5O2. The summed E-state index contributed by atoms with van der Waals surface area (Å²) in [6.45, 7) is 11.4. The maximum atomic E-state index is 12.5. The predicted molar refractivity (Wildman–Crippen MR) is 91.4 cm³/mol. The molecule has 1 aliphatic rings. The van der Waals surface area contributed by atoms with Gasteiger partial charge in [0.05, 0.1) is 11.7 Å². The Hall–Kier alpha value is -2.23. The number of nitrogens with zero attached hydrogens (tertiary/aromatic N) is 4. The third-order valence-corrected chi connectivity index (χ3v) is 4.36. The molecule has 0 aliphatic carbocycles. The van der Waals surface area contributed by atoms with Crippen molar-refractivity contribution in [2.24, 2.45) is 0 Å². The molecule has 2 atom stereocenters. The maximum absolute atomic E-state index is 12.5. The number of likely N-dealkylation sites (tertiary alicyclic amines) is 1. The van der Waals surface area contributed by atoms with E-state index in [1.807, 2.05) is 34.6 Å².